The summed E-state index contributed by atoms with van der Waals surface area (Å²) in [6.45, 7) is 0.124. The fourth-order valence-electron chi connectivity index (χ4n) is 3.73. The molecule has 1 aromatic rings. The number of halogens is 3. The average molecular weight is 368 g/mol. The minimum absolute atomic E-state index is 0.0365. The molecule has 0 bridgehead atoms. The lowest BCUT2D eigenvalue weighted by molar-refractivity contribution is -0.137. The molecule has 142 valence electrons. The first-order chi connectivity index (χ1) is 12.3. The van der Waals surface area contributed by atoms with Crippen molar-refractivity contribution in [2.75, 3.05) is 11.4 Å². The monoisotopic (exact) mass is 368 g/mol. The van der Waals surface area contributed by atoms with Crippen molar-refractivity contribution >= 4 is 17.5 Å². The fraction of sp³-hybridized carbons (Fsp3) is 0.579. The van der Waals surface area contributed by atoms with Gasteiger partial charge < -0.3 is 10.2 Å². The minimum atomic E-state index is -4.46. The van der Waals surface area contributed by atoms with Crippen LogP contribution in [0.3, 0.4) is 0 Å². The molecule has 26 heavy (non-hydrogen) atoms. The first kappa shape index (κ1) is 18.7. The molecule has 2 amide bonds. The number of benzene rings is 1. The van der Waals surface area contributed by atoms with Gasteiger partial charge >= 0.3 is 6.18 Å². The number of nitrogens with one attached hydrogen (secondary N) is 1. The van der Waals surface area contributed by atoms with Crippen LogP contribution in [0.4, 0.5) is 18.9 Å². The van der Waals surface area contributed by atoms with Crippen LogP contribution in [0.2, 0.25) is 0 Å². The third-order valence-electron chi connectivity index (χ3n) is 5.18. The van der Waals surface area contributed by atoms with Gasteiger partial charge in [-0.15, -0.1) is 0 Å². The Balaban J connectivity index is 1.65. The Bertz CT molecular complexity index is 667. The van der Waals surface area contributed by atoms with E-state index in [1.165, 1.54) is 29.9 Å². The Labute approximate surface area is 150 Å². The highest BCUT2D eigenvalue weighted by atomic mass is 19.4. The van der Waals surface area contributed by atoms with E-state index in [0.717, 1.165) is 37.8 Å². The topological polar surface area (TPSA) is 49.4 Å². The van der Waals surface area contributed by atoms with E-state index in [4.69, 9.17) is 0 Å². The lowest BCUT2D eigenvalue weighted by Gasteiger charge is -2.20. The highest BCUT2D eigenvalue weighted by molar-refractivity contribution is 6.00. The average Bonchev–Trinajstić information content (AvgIpc) is 2.81. The van der Waals surface area contributed by atoms with E-state index < -0.39 is 17.7 Å². The molecule has 0 aromatic heterocycles. The maximum absolute atomic E-state index is 12.9. The van der Waals surface area contributed by atoms with Gasteiger partial charge in [0.2, 0.25) is 11.8 Å². The molecule has 1 saturated heterocycles. The normalized spacial score (nSPS) is 22.3. The highest BCUT2D eigenvalue weighted by Crippen LogP contribution is 2.33. The van der Waals surface area contributed by atoms with Crippen molar-refractivity contribution in [1.29, 1.82) is 0 Å². The number of hydrogen-bond donors (Lipinski definition) is 1. The third-order valence-corrected chi connectivity index (χ3v) is 5.18. The van der Waals surface area contributed by atoms with Gasteiger partial charge in [0.05, 0.1) is 11.5 Å². The zero-order valence-electron chi connectivity index (χ0n) is 14.5. The molecule has 3 rings (SSSR count). The highest BCUT2D eigenvalue weighted by Gasteiger charge is 2.37. The first-order valence-electron chi connectivity index (χ1n) is 9.12. The number of rotatable bonds is 3. The summed E-state index contributed by atoms with van der Waals surface area (Å²) >= 11 is 0. The molecule has 7 heteroatoms. The minimum Gasteiger partial charge on any atom is -0.353 e. The van der Waals surface area contributed by atoms with Crippen LogP contribution in [0.1, 0.15) is 50.5 Å². The van der Waals surface area contributed by atoms with Crippen molar-refractivity contribution in [3.63, 3.8) is 0 Å². The van der Waals surface area contributed by atoms with Crippen LogP contribution in [0.25, 0.3) is 0 Å². The number of hydrogen-bond acceptors (Lipinski definition) is 2. The van der Waals surface area contributed by atoms with Crippen LogP contribution in [-0.2, 0) is 15.8 Å². The molecule has 1 aliphatic carbocycles. The molecule has 1 saturated carbocycles. The van der Waals surface area contributed by atoms with Gasteiger partial charge in [0.25, 0.3) is 0 Å². The second-order valence-corrected chi connectivity index (χ2v) is 7.15. The molecule has 1 unspecified atom stereocenters. The second-order valence-electron chi connectivity index (χ2n) is 7.15. The molecule has 0 spiro atoms. The maximum Gasteiger partial charge on any atom is 0.416 e. The van der Waals surface area contributed by atoms with Crippen molar-refractivity contribution in [3.8, 4) is 0 Å². The van der Waals surface area contributed by atoms with E-state index in [0.29, 0.717) is 0 Å². The van der Waals surface area contributed by atoms with E-state index in [2.05, 4.69) is 5.32 Å². The van der Waals surface area contributed by atoms with Gasteiger partial charge in [0, 0.05) is 24.7 Å². The third kappa shape index (κ3) is 4.37. The van der Waals surface area contributed by atoms with Gasteiger partial charge in [0.15, 0.2) is 0 Å². The molecule has 2 fully saturated rings. The van der Waals surface area contributed by atoms with Crippen molar-refractivity contribution in [2.24, 2.45) is 5.92 Å². The smallest absolute Gasteiger partial charge is 0.353 e. The summed E-state index contributed by atoms with van der Waals surface area (Å²) in [5.74, 6) is -0.995. The Morgan fingerprint density at radius 2 is 1.81 bits per heavy atom. The van der Waals surface area contributed by atoms with Gasteiger partial charge in [-0.2, -0.15) is 13.2 Å². The summed E-state index contributed by atoms with van der Waals surface area (Å²) in [6, 6.07) is 4.83. The summed E-state index contributed by atoms with van der Waals surface area (Å²) < 4.78 is 38.6. The van der Waals surface area contributed by atoms with Crippen molar-refractivity contribution < 1.29 is 22.8 Å². The summed E-state index contributed by atoms with van der Waals surface area (Å²) in [5, 5.41) is 3.03. The quantitative estimate of drug-likeness (QED) is 0.823. The molecule has 1 aliphatic heterocycles. The van der Waals surface area contributed by atoms with E-state index in [-0.39, 0.29) is 36.5 Å². The summed E-state index contributed by atoms with van der Waals surface area (Å²) in [5.41, 5.74) is -0.608. The zero-order chi connectivity index (χ0) is 18.7. The van der Waals surface area contributed by atoms with E-state index in [1.807, 2.05) is 0 Å². The first-order valence-corrected chi connectivity index (χ1v) is 9.12. The standard InChI is InChI=1S/C19H23F3N2O2/c20-19(21,22)14-6-5-9-16(11-14)24-12-13(10-17(24)25)18(26)23-15-7-3-1-2-4-8-15/h5-6,9,11,13,15H,1-4,7-8,10,12H2,(H,23,26). The predicted molar refractivity (Wildman–Crippen MR) is 91.5 cm³/mol. The molecular weight excluding hydrogens is 345 g/mol. The molecule has 1 aromatic carbocycles. The van der Waals surface area contributed by atoms with Crippen molar-refractivity contribution in [2.45, 2.75) is 57.2 Å². The van der Waals surface area contributed by atoms with Gasteiger partial charge in [-0.1, -0.05) is 31.7 Å². The zero-order valence-corrected chi connectivity index (χ0v) is 14.5. The Morgan fingerprint density at radius 3 is 2.46 bits per heavy atom. The molecule has 0 radical (unpaired) electrons. The largest absolute Gasteiger partial charge is 0.416 e. The van der Waals surface area contributed by atoms with E-state index in [1.54, 1.807) is 0 Å². The van der Waals surface area contributed by atoms with Crippen LogP contribution in [-0.4, -0.2) is 24.4 Å². The number of nitrogens with zero attached hydrogens (tertiary/aromatic N) is 1. The summed E-state index contributed by atoms with van der Waals surface area (Å²) in [6.07, 6.45) is 2.00. The van der Waals surface area contributed by atoms with Gasteiger partial charge in [-0.3, -0.25) is 9.59 Å². The van der Waals surface area contributed by atoms with Gasteiger partial charge in [-0.25, -0.2) is 0 Å². The summed E-state index contributed by atoms with van der Waals surface area (Å²) in [7, 11) is 0. The second kappa shape index (κ2) is 7.68. The van der Waals surface area contributed by atoms with E-state index in [9.17, 15) is 22.8 Å². The Kier molecular flexibility index (Phi) is 5.53. The van der Waals surface area contributed by atoms with Crippen LogP contribution >= 0.6 is 0 Å². The molecule has 4 nitrogen and oxygen atoms in total. The molecule has 1 atom stereocenters. The van der Waals surface area contributed by atoms with E-state index >= 15 is 0 Å². The maximum atomic E-state index is 12.9. The molecule has 2 aliphatic rings. The summed E-state index contributed by atoms with van der Waals surface area (Å²) in [4.78, 5) is 26.1. The molecular formula is C19H23F3N2O2. The number of amides is 2. The lowest BCUT2D eigenvalue weighted by atomic mass is 10.0. The van der Waals surface area contributed by atoms with Crippen molar-refractivity contribution in [1.82, 2.24) is 5.32 Å². The lowest BCUT2D eigenvalue weighted by Crippen LogP contribution is -2.39. The number of anilines is 1. The van der Waals surface area contributed by atoms with Gasteiger partial charge in [0.1, 0.15) is 0 Å². The van der Waals surface area contributed by atoms with Gasteiger partial charge in [-0.05, 0) is 31.0 Å². The predicted octanol–water partition coefficient (Wildman–Crippen LogP) is 3.90. The van der Waals surface area contributed by atoms with Crippen LogP contribution in [0.15, 0.2) is 24.3 Å². The number of alkyl halides is 3. The fourth-order valence-corrected chi connectivity index (χ4v) is 3.73. The number of carbonyl (C=O) groups excluding carboxylic acids is 2. The Morgan fingerprint density at radius 1 is 1.12 bits per heavy atom. The van der Waals surface area contributed by atoms with Crippen LogP contribution in [0.5, 0.6) is 0 Å². The van der Waals surface area contributed by atoms with Crippen molar-refractivity contribution in [3.05, 3.63) is 29.8 Å². The SMILES string of the molecule is O=C(NC1CCCCCC1)C1CC(=O)N(c2cccc(C(F)(F)F)c2)C1. The Hall–Kier alpha value is -2.05. The van der Waals surface area contributed by atoms with Crippen LogP contribution < -0.4 is 10.2 Å². The van der Waals surface area contributed by atoms with Crippen LogP contribution in [0, 0.1) is 5.92 Å². The molecule has 1 N–H and O–H groups in total. The molecule has 1 heterocycles. The number of carbonyl (C=O) groups is 2.